The summed E-state index contributed by atoms with van der Waals surface area (Å²) in [7, 11) is 0. The number of carbonyl (C=O) groups is 1. The zero-order valence-electron chi connectivity index (χ0n) is 21.1. The molecule has 0 N–H and O–H groups in total. The molecule has 0 heterocycles. The molecule has 0 saturated heterocycles. The SMILES string of the molecule is C=C(C)OCCOC(=O)C1CC(C#CC2CCC(C#N)CC2)CCC1C#CC1CCC(C#N)CC1. The van der Waals surface area contributed by atoms with E-state index in [2.05, 4.69) is 42.4 Å². The van der Waals surface area contributed by atoms with Crippen molar-refractivity contribution < 1.29 is 14.3 Å². The van der Waals surface area contributed by atoms with Crippen LogP contribution in [0.25, 0.3) is 0 Å². The Hall–Kier alpha value is -2.89. The summed E-state index contributed by atoms with van der Waals surface area (Å²) >= 11 is 0. The van der Waals surface area contributed by atoms with Crippen LogP contribution in [0.5, 0.6) is 0 Å². The minimum Gasteiger partial charge on any atom is -0.495 e. The summed E-state index contributed by atoms with van der Waals surface area (Å²) in [4.78, 5) is 13.0. The second-order valence-electron chi connectivity index (χ2n) is 10.4. The zero-order chi connectivity index (χ0) is 25.0. The van der Waals surface area contributed by atoms with E-state index in [-0.39, 0.29) is 42.2 Å². The van der Waals surface area contributed by atoms with Crippen molar-refractivity contribution in [1.82, 2.24) is 0 Å². The third-order valence-electron chi connectivity index (χ3n) is 7.61. The van der Waals surface area contributed by atoms with Crippen LogP contribution in [0.1, 0.15) is 77.6 Å². The molecule has 3 rings (SSSR count). The Balaban J connectivity index is 1.60. The average molecular weight is 475 g/mol. The van der Waals surface area contributed by atoms with Crippen LogP contribution in [0.3, 0.4) is 0 Å². The molecule has 0 radical (unpaired) electrons. The van der Waals surface area contributed by atoms with Gasteiger partial charge in [-0.2, -0.15) is 10.5 Å². The lowest BCUT2D eigenvalue weighted by atomic mass is 9.73. The Labute approximate surface area is 211 Å². The molecule has 0 bridgehead atoms. The normalized spacial score (nSPS) is 32.3. The Morgan fingerprint density at radius 1 is 0.714 bits per heavy atom. The first-order valence-electron chi connectivity index (χ1n) is 13.2. The van der Waals surface area contributed by atoms with E-state index in [0.717, 1.165) is 64.2 Å². The first-order chi connectivity index (χ1) is 17.0. The first-order valence-corrected chi connectivity index (χ1v) is 13.2. The molecule has 0 amide bonds. The number of allylic oxidation sites excluding steroid dienone is 1. The number of nitrogens with zero attached hydrogens (tertiary/aromatic N) is 2. The number of nitriles is 2. The summed E-state index contributed by atoms with van der Waals surface area (Å²) < 4.78 is 10.9. The molecule has 5 heteroatoms. The second-order valence-corrected chi connectivity index (χ2v) is 10.4. The Kier molecular flexibility index (Phi) is 10.6. The van der Waals surface area contributed by atoms with Gasteiger partial charge in [0.2, 0.25) is 0 Å². The number of hydrogen-bond acceptors (Lipinski definition) is 5. The fourth-order valence-corrected chi connectivity index (χ4v) is 5.39. The van der Waals surface area contributed by atoms with Crippen LogP contribution in [-0.2, 0) is 14.3 Å². The fraction of sp³-hybridized carbons (Fsp3) is 0.700. The van der Waals surface area contributed by atoms with E-state index in [0.29, 0.717) is 30.6 Å². The monoisotopic (exact) mass is 474 g/mol. The van der Waals surface area contributed by atoms with Crippen LogP contribution in [0.2, 0.25) is 0 Å². The number of hydrogen-bond donors (Lipinski definition) is 0. The number of carbonyl (C=O) groups excluding carboxylic acids is 1. The number of esters is 1. The van der Waals surface area contributed by atoms with Gasteiger partial charge in [0.1, 0.15) is 13.2 Å². The van der Waals surface area contributed by atoms with Gasteiger partial charge in [0.25, 0.3) is 0 Å². The highest BCUT2D eigenvalue weighted by Crippen LogP contribution is 2.36. The largest absolute Gasteiger partial charge is 0.495 e. The zero-order valence-corrected chi connectivity index (χ0v) is 21.1. The van der Waals surface area contributed by atoms with E-state index in [9.17, 15) is 4.79 Å². The minimum atomic E-state index is -0.273. The van der Waals surface area contributed by atoms with E-state index in [1.807, 2.05) is 0 Å². The molecule has 3 saturated carbocycles. The molecule has 0 aliphatic heterocycles. The lowest BCUT2D eigenvalue weighted by Gasteiger charge is -2.30. The van der Waals surface area contributed by atoms with E-state index < -0.39 is 0 Å². The first kappa shape index (κ1) is 26.7. The molecule has 3 aliphatic rings. The van der Waals surface area contributed by atoms with Gasteiger partial charge in [-0.1, -0.05) is 30.3 Å². The summed E-state index contributed by atoms with van der Waals surface area (Å²) in [5.41, 5.74) is 0. The Bertz CT molecular complexity index is 935. The summed E-state index contributed by atoms with van der Waals surface area (Å²) in [5.74, 6) is 15.2. The van der Waals surface area contributed by atoms with Crippen LogP contribution in [0.4, 0.5) is 0 Å². The quantitative estimate of drug-likeness (QED) is 0.218. The molecule has 3 unspecified atom stereocenters. The van der Waals surface area contributed by atoms with Crippen LogP contribution in [-0.4, -0.2) is 19.2 Å². The van der Waals surface area contributed by atoms with Crippen molar-refractivity contribution in [1.29, 1.82) is 10.5 Å². The van der Waals surface area contributed by atoms with Crippen LogP contribution < -0.4 is 0 Å². The maximum absolute atomic E-state index is 13.0. The van der Waals surface area contributed by atoms with Crippen molar-refractivity contribution in [3.05, 3.63) is 12.3 Å². The predicted octanol–water partition coefficient (Wildman–Crippen LogP) is 5.78. The van der Waals surface area contributed by atoms with Gasteiger partial charge in [-0.3, -0.25) is 4.79 Å². The summed E-state index contributed by atoms with van der Waals surface area (Å²) in [6.45, 7) is 5.99. The summed E-state index contributed by atoms with van der Waals surface area (Å²) in [6, 6.07) is 4.76. The highest BCUT2D eigenvalue weighted by atomic mass is 16.6. The molecule has 0 aromatic heterocycles. The molecule has 3 atom stereocenters. The van der Waals surface area contributed by atoms with Gasteiger partial charge in [-0.25, -0.2) is 0 Å². The molecule has 3 aliphatic carbocycles. The van der Waals surface area contributed by atoms with Gasteiger partial charge in [0.05, 0.1) is 23.8 Å². The molecule has 186 valence electrons. The smallest absolute Gasteiger partial charge is 0.310 e. The molecule has 0 aromatic rings. The molecular formula is C30H38N2O3. The van der Waals surface area contributed by atoms with Crippen LogP contribution in [0, 0.1) is 87.8 Å². The van der Waals surface area contributed by atoms with Crippen LogP contribution in [0.15, 0.2) is 12.3 Å². The Morgan fingerprint density at radius 2 is 1.17 bits per heavy atom. The molecule has 5 nitrogen and oxygen atoms in total. The van der Waals surface area contributed by atoms with Crippen LogP contribution >= 0.6 is 0 Å². The lowest BCUT2D eigenvalue weighted by molar-refractivity contribution is -0.152. The van der Waals surface area contributed by atoms with E-state index in [4.69, 9.17) is 20.0 Å². The fourth-order valence-electron chi connectivity index (χ4n) is 5.39. The molecular weight excluding hydrogens is 436 g/mol. The van der Waals surface area contributed by atoms with E-state index >= 15 is 0 Å². The van der Waals surface area contributed by atoms with Gasteiger partial charge in [-0.05, 0) is 77.6 Å². The topological polar surface area (TPSA) is 83.1 Å². The maximum atomic E-state index is 13.0. The number of rotatable bonds is 5. The Morgan fingerprint density at radius 3 is 1.71 bits per heavy atom. The third-order valence-corrected chi connectivity index (χ3v) is 7.61. The van der Waals surface area contributed by atoms with E-state index in [1.165, 1.54) is 0 Å². The van der Waals surface area contributed by atoms with Crippen molar-refractivity contribution in [2.45, 2.75) is 77.6 Å². The summed E-state index contributed by atoms with van der Waals surface area (Å²) in [5, 5.41) is 18.2. The van der Waals surface area contributed by atoms with Crippen molar-refractivity contribution in [2.24, 2.45) is 41.4 Å². The van der Waals surface area contributed by atoms with Crippen molar-refractivity contribution >= 4 is 5.97 Å². The lowest BCUT2D eigenvalue weighted by Crippen LogP contribution is -2.32. The average Bonchev–Trinajstić information content (AvgIpc) is 2.89. The van der Waals surface area contributed by atoms with Gasteiger partial charge >= 0.3 is 5.97 Å². The standard InChI is InChI=1S/C30H38N2O3/c1-22(2)34-17-18-35-30(33)29-19-25(8-3-23-4-9-26(20-31)10-5-23)14-16-28(29)15-13-24-6-11-27(21-32)12-7-24/h23-29H,1,4-7,9-12,14,16-19H2,2H3. The van der Waals surface area contributed by atoms with Crippen molar-refractivity contribution in [2.75, 3.05) is 13.2 Å². The predicted molar refractivity (Wildman–Crippen MR) is 134 cm³/mol. The van der Waals surface area contributed by atoms with Gasteiger partial charge in [0, 0.05) is 35.5 Å². The van der Waals surface area contributed by atoms with E-state index in [1.54, 1.807) is 6.92 Å². The van der Waals surface area contributed by atoms with Gasteiger partial charge < -0.3 is 9.47 Å². The highest BCUT2D eigenvalue weighted by Gasteiger charge is 2.35. The third kappa shape index (κ3) is 8.68. The van der Waals surface area contributed by atoms with Crippen molar-refractivity contribution in [3.8, 4) is 35.8 Å². The summed E-state index contributed by atoms with van der Waals surface area (Å²) in [6.07, 6.45) is 10.1. The molecule has 0 spiro atoms. The van der Waals surface area contributed by atoms with Gasteiger partial charge in [0.15, 0.2) is 0 Å². The highest BCUT2D eigenvalue weighted by molar-refractivity contribution is 5.73. The minimum absolute atomic E-state index is 0.0117. The maximum Gasteiger partial charge on any atom is 0.310 e. The second kappa shape index (κ2) is 13.9. The molecule has 0 aromatic carbocycles. The molecule has 3 fully saturated rings. The number of ether oxygens (including phenoxy) is 2. The molecule has 35 heavy (non-hydrogen) atoms. The van der Waals surface area contributed by atoms with Crippen molar-refractivity contribution in [3.63, 3.8) is 0 Å². The van der Waals surface area contributed by atoms with Gasteiger partial charge in [-0.15, -0.1) is 0 Å².